The summed E-state index contributed by atoms with van der Waals surface area (Å²) in [6, 6.07) is 6.89. The second kappa shape index (κ2) is 5.86. The number of benzene rings is 1. The van der Waals surface area contributed by atoms with Gasteiger partial charge in [0.1, 0.15) is 0 Å². The fourth-order valence-corrected chi connectivity index (χ4v) is 2.14. The minimum Gasteiger partial charge on any atom is -0.322 e. The topological polar surface area (TPSA) is 54.9 Å². The van der Waals surface area contributed by atoms with Crippen LogP contribution in [0.5, 0.6) is 0 Å². The van der Waals surface area contributed by atoms with E-state index in [4.69, 9.17) is 23.2 Å². The molecule has 1 aromatic heterocycles. The van der Waals surface area contributed by atoms with E-state index in [0.29, 0.717) is 5.69 Å². The van der Waals surface area contributed by atoms with Crippen LogP contribution in [0.25, 0.3) is 0 Å². The number of amides is 1. The molecular formula is C12H8BrCl2N3O. The molecule has 0 aliphatic rings. The first-order chi connectivity index (χ1) is 8.99. The molecule has 0 atom stereocenters. The van der Waals surface area contributed by atoms with E-state index in [1.54, 1.807) is 6.07 Å². The monoisotopic (exact) mass is 359 g/mol. The third-order valence-electron chi connectivity index (χ3n) is 2.48. The Morgan fingerprint density at radius 3 is 2.79 bits per heavy atom. The van der Waals surface area contributed by atoms with Crippen molar-refractivity contribution in [3.05, 3.63) is 50.2 Å². The second-order valence-electron chi connectivity index (χ2n) is 3.74. The van der Waals surface area contributed by atoms with Crippen LogP contribution in [-0.4, -0.2) is 16.1 Å². The molecule has 0 bridgehead atoms. The molecule has 1 amide bonds. The Kier molecular flexibility index (Phi) is 4.39. The highest BCUT2D eigenvalue weighted by Gasteiger charge is 2.14. The molecule has 0 saturated heterocycles. The van der Waals surface area contributed by atoms with Crippen LogP contribution in [0, 0.1) is 6.92 Å². The molecule has 0 radical (unpaired) electrons. The van der Waals surface area contributed by atoms with Crippen molar-refractivity contribution in [1.82, 2.24) is 10.2 Å². The molecule has 0 spiro atoms. The molecule has 98 valence electrons. The van der Waals surface area contributed by atoms with Crippen LogP contribution in [0.2, 0.25) is 10.3 Å². The highest BCUT2D eigenvalue weighted by molar-refractivity contribution is 9.10. The molecule has 1 aromatic carbocycles. The lowest BCUT2D eigenvalue weighted by Gasteiger charge is -2.10. The first-order valence-corrected chi connectivity index (χ1v) is 6.79. The summed E-state index contributed by atoms with van der Waals surface area (Å²) in [6.07, 6.45) is 0. The van der Waals surface area contributed by atoms with E-state index in [-0.39, 0.29) is 21.8 Å². The Hall–Kier alpha value is -1.17. The van der Waals surface area contributed by atoms with Crippen molar-refractivity contribution in [2.45, 2.75) is 6.92 Å². The van der Waals surface area contributed by atoms with Gasteiger partial charge in [-0.2, -0.15) is 0 Å². The van der Waals surface area contributed by atoms with Crippen molar-refractivity contribution < 1.29 is 4.79 Å². The lowest BCUT2D eigenvalue weighted by molar-refractivity contribution is 0.102. The Bertz CT molecular complexity index is 649. The highest BCUT2D eigenvalue weighted by Crippen LogP contribution is 2.25. The van der Waals surface area contributed by atoms with Crippen LogP contribution in [0.4, 0.5) is 5.69 Å². The predicted molar refractivity (Wildman–Crippen MR) is 78.9 cm³/mol. The van der Waals surface area contributed by atoms with Crippen molar-refractivity contribution in [3.8, 4) is 0 Å². The molecule has 1 heterocycles. The fourth-order valence-electron chi connectivity index (χ4n) is 1.44. The Morgan fingerprint density at radius 2 is 2.05 bits per heavy atom. The minimum atomic E-state index is -0.386. The summed E-state index contributed by atoms with van der Waals surface area (Å²) in [4.78, 5) is 12.1. The van der Waals surface area contributed by atoms with Crippen LogP contribution in [0.15, 0.2) is 28.7 Å². The second-order valence-corrected chi connectivity index (χ2v) is 5.34. The lowest BCUT2D eigenvalue weighted by atomic mass is 10.2. The van der Waals surface area contributed by atoms with Crippen LogP contribution in [0.3, 0.4) is 0 Å². The summed E-state index contributed by atoms with van der Waals surface area (Å²) in [5.74, 6) is -0.386. The first kappa shape index (κ1) is 14.2. The molecule has 7 heteroatoms. The predicted octanol–water partition coefficient (Wildman–Crippen LogP) is 4.11. The maximum atomic E-state index is 12.1. The van der Waals surface area contributed by atoms with Gasteiger partial charge in [-0.05, 0) is 30.7 Å². The van der Waals surface area contributed by atoms with E-state index in [1.807, 2.05) is 19.1 Å². The van der Waals surface area contributed by atoms with Gasteiger partial charge in [-0.1, -0.05) is 45.2 Å². The third kappa shape index (κ3) is 3.23. The van der Waals surface area contributed by atoms with Gasteiger partial charge in [-0.3, -0.25) is 4.79 Å². The van der Waals surface area contributed by atoms with Crippen LogP contribution in [0.1, 0.15) is 15.9 Å². The number of aromatic nitrogens is 2. The standard InChI is InChI=1S/C12H8BrCl2N3O/c1-6-8(13)3-2-4-9(6)16-12(19)7-5-10(14)17-18-11(7)15/h2-5H,1H3,(H,16,19). The van der Waals surface area contributed by atoms with Gasteiger partial charge < -0.3 is 5.32 Å². The highest BCUT2D eigenvalue weighted by atomic mass is 79.9. The number of carbonyl (C=O) groups excluding carboxylic acids is 1. The lowest BCUT2D eigenvalue weighted by Crippen LogP contribution is -2.14. The molecule has 1 N–H and O–H groups in total. The molecular weight excluding hydrogens is 353 g/mol. The van der Waals surface area contributed by atoms with E-state index in [1.165, 1.54) is 6.07 Å². The largest absolute Gasteiger partial charge is 0.322 e. The van der Waals surface area contributed by atoms with E-state index in [2.05, 4.69) is 31.4 Å². The molecule has 2 aromatic rings. The summed E-state index contributed by atoms with van der Waals surface area (Å²) >= 11 is 14.9. The Balaban J connectivity index is 2.31. The molecule has 0 aliphatic carbocycles. The molecule has 19 heavy (non-hydrogen) atoms. The van der Waals surface area contributed by atoms with Gasteiger partial charge in [0, 0.05) is 10.2 Å². The van der Waals surface area contributed by atoms with Crippen LogP contribution in [-0.2, 0) is 0 Å². The SMILES string of the molecule is Cc1c(Br)cccc1NC(=O)c1cc(Cl)nnc1Cl. The zero-order valence-electron chi connectivity index (χ0n) is 9.75. The van der Waals surface area contributed by atoms with Crippen molar-refractivity contribution in [2.24, 2.45) is 0 Å². The van der Waals surface area contributed by atoms with E-state index >= 15 is 0 Å². The number of halogens is 3. The van der Waals surface area contributed by atoms with E-state index in [9.17, 15) is 4.79 Å². The van der Waals surface area contributed by atoms with Crippen molar-refractivity contribution in [2.75, 3.05) is 5.32 Å². The van der Waals surface area contributed by atoms with E-state index < -0.39 is 0 Å². The fraction of sp³-hybridized carbons (Fsp3) is 0.0833. The summed E-state index contributed by atoms with van der Waals surface area (Å²) in [6.45, 7) is 1.89. The summed E-state index contributed by atoms with van der Waals surface area (Å²) in [5.41, 5.74) is 1.78. The van der Waals surface area contributed by atoms with Gasteiger partial charge in [0.25, 0.3) is 5.91 Å². The van der Waals surface area contributed by atoms with Gasteiger partial charge in [-0.25, -0.2) is 0 Å². The molecule has 4 nitrogen and oxygen atoms in total. The number of rotatable bonds is 2. The maximum absolute atomic E-state index is 12.1. The van der Waals surface area contributed by atoms with Gasteiger partial charge in [-0.15, -0.1) is 10.2 Å². The van der Waals surface area contributed by atoms with Crippen LogP contribution >= 0.6 is 39.1 Å². The van der Waals surface area contributed by atoms with Gasteiger partial charge >= 0.3 is 0 Å². The van der Waals surface area contributed by atoms with Crippen molar-refractivity contribution >= 4 is 50.7 Å². The zero-order valence-corrected chi connectivity index (χ0v) is 12.8. The number of anilines is 1. The smallest absolute Gasteiger partial charge is 0.258 e. The molecule has 2 rings (SSSR count). The average Bonchev–Trinajstić information content (AvgIpc) is 2.38. The molecule has 0 aliphatic heterocycles. The molecule has 0 unspecified atom stereocenters. The minimum absolute atomic E-state index is 0.00884. The number of carbonyl (C=O) groups is 1. The number of nitrogens with one attached hydrogen (secondary N) is 1. The number of nitrogens with zero attached hydrogens (tertiary/aromatic N) is 2. The summed E-state index contributed by atoms with van der Waals surface area (Å²) < 4.78 is 0.905. The maximum Gasteiger partial charge on any atom is 0.258 e. The van der Waals surface area contributed by atoms with Gasteiger partial charge in [0.05, 0.1) is 5.56 Å². The summed E-state index contributed by atoms with van der Waals surface area (Å²) in [5, 5.41) is 10.0. The summed E-state index contributed by atoms with van der Waals surface area (Å²) in [7, 11) is 0. The molecule has 0 saturated carbocycles. The Labute approximate surface area is 128 Å². The van der Waals surface area contributed by atoms with Gasteiger partial charge in [0.15, 0.2) is 10.3 Å². The Morgan fingerprint density at radius 1 is 1.32 bits per heavy atom. The average molecular weight is 361 g/mol. The third-order valence-corrected chi connectivity index (χ3v) is 3.80. The quantitative estimate of drug-likeness (QED) is 0.876. The van der Waals surface area contributed by atoms with Crippen molar-refractivity contribution in [1.29, 1.82) is 0 Å². The van der Waals surface area contributed by atoms with Gasteiger partial charge in [0.2, 0.25) is 0 Å². The first-order valence-electron chi connectivity index (χ1n) is 5.24. The van der Waals surface area contributed by atoms with Crippen LogP contribution < -0.4 is 5.32 Å². The van der Waals surface area contributed by atoms with E-state index in [0.717, 1.165) is 10.0 Å². The zero-order chi connectivity index (χ0) is 14.0. The number of hydrogen-bond donors (Lipinski definition) is 1. The number of hydrogen-bond acceptors (Lipinski definition) is 3. The van der Waals surface area contributed by atoms with Crippen molar-refractivity contribution in [3.63, 3.8) is 0 Å². The molecule has 0 fully saturated rings. The normalized spacial score (nSPS) is 10.3.